The first-order valence-corrected chi connectivity index (χ1v) is 6.64. The Labute approximate surface area is 107 Å². The summed E-state index contributed by atoms with van der Waals surface area (Å²) < 4.78 is 26.0. The van der Waals surface area contributed by atoms with E-state index in [9.17, 15) is 8.78 Å². The lowest BCUT2D eigenvalue weighted by atomic mass is 10.0. The van der Waals surface area contributed by atoms with Crippen LogP contribution in [0.15, 0.2) is 23.6 Å². The molecule has 5 heteroatoms. The highest BCUT2D eigenvalue weighted by Crippen LogP contribution is 2.47. The van der Waals surface area contributed by atoms with Gasteiger partial charge in [0.05, 0.1) is 5.69 Å². The molecule has 1 aliphatic carbocycles. The SMILES string of the molecule is NCC1(c2csc(-c3ccc(F)c(F)c3)n2)CC1. The molecule has 3 rings (SSSR count). The van der Waals surface area contributed by atoms with Gasteiger partial charge < -0.3 is 5.73 Å². The maximum Gasteiger partial charge on any atom is 0.159 e. The first-order valence-electron chi connectivity index (χ1n) is 5.76. The highest BCUT2D eigenvalue weighted by molar-refractivity contribution is 7.13. The summed E-state index contributed by atoms with van der Waals surface area (Å²) >= 11 is 1.44. The van der Waals surface area contributed by atoms with Crippen LogP contribution >= 0.6 is 11.3 Å². The van der Waals surface area contributed by atoms with E-state index in [-0.39, 0.29) is 5.41 Å². The van der Waals surface area contributed by atoms with Crippen molar-refractivity contribution in [2.24, 2.45) is 5.73 Å². The maximum absolute atomic E-state index is 13.2. The first-order chi connectivity index (χ1) is 8.64. The summed E-state index contributed by atoms with van der Waals surface area (Å²) in [6, 6.07) is 3.85. The Morgan fingerprint density at radius 3 is 2.67 bits per heavy atom. The van der Waals surface area contributed by atoms with Gasteiger partial charge in [-0.25, -0.2) is 13.8 Å². The average molecular weight is 266 g/mol. The fourth-order valence-electron chi connectivity index (χ4n) is 1.99. The molecule has 2 N–H and O–H groups in total. The van der Waals surface area contributed by atoms with Crippen molar-refractivity contribution in [2.45, 2.75) is 18.3 Å². The van der Waals surface area contributed by atoms with Crippen molar-refractivity contribution in [2.75, 3.05) is 6.54 Å². The van der Waals surface area contributed by atoms with Gasteiger partial charge in [-0.05, 0) is 31.0 Å². The number of rotatable bonds is 3. The quantitative estimate of drug-likeness (QED) is 0.927. The van der Waals surface area contributed by atoms with E-state index in [1.807, 2.05) is 5.38 Å². The lowest BCUT2D eigenvalue weighted by molar-refractivity contribution is 0.509. The largest absolute Gasteiger partial charge is 0.330 e. The topological polar surface area (TPSA) is 38.9 Å². The molecule has 2 nitrogen and oxygen atoms in total. The number of benzene rings is 1. The van der Waals surface area contributed by atoms with Gasteiger partial charge in [0.15, 0.2) is 11.6 Å². The fraction of sp³-hybridized carbons (Fsp3) is 0.308. The van der Waals surface area contributed by atoms with Crippen molar-refractivity contribution < 1.29 is 8.78 Å². The van der Waals surface area contributed by atoms with Crippen LogP contribution in [0.1, 0.15) is 18.5 Å². The minimum Gasteiger partial charge on any atom is -0.330 e. The second kappa shape index (κ2) is 4.10. The molecule has 0 bridgehead atoms. The van der Waals surface area contributed by atoms with Crippen molar-refractivity contribution in [3.8, 4) is 10.6 Å². The predicted molar refractivity (Wildman–Crippen MR) is 67.4 cm³/mol. The van der Waals surface area contributed by atoms with Crippen molar-refractivity contribution in [3.05, 3.63) is 40.9 Å². The molecule has 1 aliphatic rings. The second-order valence-electron chi connectivity index (χ2n) is 4.65. The Hall–Kier alpha value is -1.33. The number of hydrogen-bond acceptors (Lipinski definition) is 3. The van der Waals surface area contributed by atoms with Crippen LogP contribution in [0.25, 0.3) is 10.6 Å². The number of aromatic nitrogens is 1. The number of halogens is 2. The Bertz CT molecular complexity index is 590. The Balaban J connectivity index is 1.95. The van der Waals surface area contributed by atoms with E-state index >= 15 is 0 Å². The van der Waals surface area contributed by atoms with Crippen LogP contribution in [0.3, 0.4) is 0 Å². The van der Waals surface area contributed by atoms with Crippen LogP contribution in [0.2, 0.25) is 0 Å². The van der Waals surface area contributed by atoms with E-state index < -0.39 is 11.6 Å². The van der Waals surface area contributed by atoms with Gasteiger partial charge in [-0.15, -0.1) is 11.3 Å². The van der Waals surface area contributed by atoms with E-state index in [4.69, 9.17) is 5.73 Å². The third kappa shape index (κ3) is 1.83. The minimum absolute atomic E-state index is 0.0350. The molecule has 18 heavy (non-hydrogen) atoms. The highest BCUT2D eigenvalue weighted by atomic mass is 32.1. The number of thiazole rings is 1. The van der Waals surface area contributed by atoms with E-state index in [2.05, 4.69) is 4.98 Å². The molecule has 0 saturated heterocycles. The molecule has 2 aromatic rings. The van der Waals surface area contributed by atoms with E-state index in [1.165, 1.54) is 17.4 Å². The summed E-state index contributed by atoms with van der Waals surface area (Å²) in [5, 5.41) is 2.68. The van der Waals surface area contributed by atoms with Gasteiger partial charge in [-0.1, -0.05) is 0 Å². The fourth-order valence-corrected chi connectivity index (χ4v) is 2.93. The van der Waals surface area contributed by atoms with Crippen LogP contribution in [-0.4, -0.2) is 11.5 Å². The molecule has 0 radical (unpaired) electrons. The number of nitrogens with two attached hydrogens (primary N) is 1. The van der Waals surface area contributed by atoms with Crippen molar-refractivity contribution in [3.63, 3.8) is 0 Å². The summed E-state index contributed by atoms with van der Waals surface area (Å²) in [5.74, 6) is -1.68. The zero-order valence-electron chi connectivity index (χ0n) is 9.62. The molecule has 1 fully saturated rings. The van der Waals surface area contributed by atoms with E-state index in [1.54, 1.807) is 6.07 Å². The summed E-state index contributed by atoms with van der Waals surface area (Å²) in [7, 11) is 0. The van der Waals surface area contributed by atoms with Crippen LogP contribution in [0, 0.1) is 11.6 Å². The van der Waals surface area contributed by atoms with Gasteiger partial charge >= 0.3 is 0 Å². The molecular weight excluding hydrogens is 254 g/mol. The van der Waals surface area contributed by atoms with Crippen molar-refractivity contribution in [1.29, 1.82) is 0 Å². The lowest BCUT2D eigenvalue weighted by Gasteiger charge is -2.07. The summed E-state index contributed by atoms with van der Waals surface area (Å²) in [6.45, 7) is 0.591. The molecule has 0 unspecified atom stereocenters. The molecular formula is C13H12F2N2S. The zero-order valence-corrected chi connectivity index (χ0v) is 10.4. The van der Waals surface area contributed by atoms with Gasteiger partial charge in [-0.2, -0.15) is 0 Å². The smallest absolute Gasteiger partial charge is 0.159 e. The molecule has 1 aromatic heterocycles. The van der Waals surface area contributed by atoms with Crippen molar-refractivity contribution in [1.82, 2.24) is 4.98 Å². The third-order valence-corrected chi connectivity index (χ3v) is 4.35. The second-order valence-corrected chi connectivity index (χ2v) is 5.51. The molecule has 94 valence electrons. The molecule has 1 heterocycles. The van der Waals surface area contributed by atoms with E-state index in [0.29, 0.717) is 17.1 Å². The first kappa shape index (κ1) is 11.7. The van der Waals surface area contributed by atoms with Crippen LogP contribution < -0.4 is 5.73 Å². The number of nitrogens with zero attached hydrogens (tertiary/aromatic N) is 1. The standard InChI is InChI=1S/C13H12F2N2S/c14-9-2-1-8(5-10(9)15)12-17-11(6-18-12)13(7-16)3-4-13/h1-2,5-6H,3-4,7,16H2. The Morgan fingerprint density at radius 1 is 1.28 bits per heavy atom. The molecule has 1 saturated carbocycles. The normalized spacial score (nSPS) is 16.8. The zero-order chi connectivity index (χ0) is 12.8. The molecule has 0 amide bonds. The molecule has 0 aliphatic heterocycles. The van der Waals surface area contributed by atoms with Crippen LogP contribution in [-0.2, 0) is 5.41 Å². The van der Waals surface area contributed by atoms with Gasteiger partial charge in [0.25, 0.3) is 0 Å². The minimum atomic E-state index is -0.843. The van der Waals surface area contributed by atoms with Gasteiger partial charge in [0.2, 0.25) is 0 Å². The van der Waals surface area contributed by atoms with Crippen molar-refractivity contribution >= 4 is 11.3 Å². The average Bonchev–Trinajstić information content (AvgIpc) is 3.02. The van der Waals surface area contributed by atoms with Gasteiger partial charge in [-0.3, -0.25) is 0 Å². The summed E-state index contributed by atoms with van der Waals surface area (Å²) in [6.07, 6.45) is 2.12. The molecule has 0 atom stereocenters. The number of hydrogen-bond donors (Lipinski definition) is 1. The van der Waals surface area contributed by atoms with Crippen LogP contribution in [0.5, 0.6) is 0 Å². The Morgan fingerprint density at radius 2 is 2.06 bits per heavy atom. The maximum atomic E-state index is 13.2. The summed E-state index contributed by atoms with van der Waals surface area (Å²) in [4.78, 5) is 4.51. The highest BCUT2D eigenvalue weighted by Gasteiger charge is 2.44. The predicted octanol–water partition coefficient (Wildman–Crippen LogP) is 3.08. The van der Waals surface area contributed by atoms with Gasteiger partial charge in [0, 0.05) is 22.9 Å². The monoisotopic (exact) mass is 266 g/mol. The Kier molecular flexibility index (Phi) is 2.68. The van der Waals surface area contributed by atoms with E-state index in [0.717, 1.165) is 24.6 Å². The summed E-state index contributed by atoms with van der Waals surface area (Å²) in [5.41, 5.74) is 7.37. The third-order valence-electron chi connectivity index (χ3n) is 3.46. The van der Waals surface area contributed by atoms with Crippen LogP contribution in [0.4, 0.5) is 8.78 Å². The van der Waals surface area contributed by atoms with Gasteiger partial charge in [0.1, 0.15) is 5.01 Å². The molecule has 1 aromatic carbocycles. The lowest BCUT2D eigenvalue weighted by Crippen LogP contribution is -2.19. The molecule has 0 spiro atoms.